The van der Waals surface area contributed by atoms with Crippen LogP contribution in [0.15, 0.2) is 36.4 Å². The smallest absolute Gasteiger partial charge is 0.307 e. The van der Waals surface area contributed by atoms with E-state index in [1.807, 2.05) is 0 Å². The van der Waals surface area contributed by atoms with Crippen molar-refractivity contribution in [2.24, 2.45) is 0 Å². The van der Waals surface area contributed by atoms with Crippen LogP contribution in [0.1, 0.15) is 27.0 Å². The van der Waals surface area contributed by atoms with Crippen molar-refractivity contribution in [3.8, 4) is 11.5 Å². The molecule has 4 rings (SSSR count). The lowest BCUT2D eigenvalue weighted by molar-refractivity contribution is -0.224. The fraction of sp³-hybridized carbons (Fsp3) is 0.222. The number of rotatable bonds is 3. The molecule has 2 aromatic rings. The van der Waals surface area contributed by atoms with E-state index in [0.717, 1.165) is 0 Å². The first-order chi connectivity index (χ1) is 11.8. The van der Waals surface area contributed by atoms with Crippen LogP contribution in [-0.4, -0.2) is 34.2 Å². The molecule has 0 spiro atoms. The Hall–Kier alpha value is -2.90. The van der Waals surface area contributed by atoms with E-state index in [2.05, 4.69) is 0 Å². The average Bonchev–Trinajstić information content (AvgIpc) is 2.91. The van der Waals surface area contributed by atoms with E-state index in [1.165, 1.54) is 31.4 Å². The normalized spacial score (nSPS) is 25.8. The second kappa shape index (κ2) is 4.81. The number of carbonyl (C=O) groups is 2. The van der Waals surface area contributed by atoms with Crippen molar-refractivity contribution in [3.05, 3.63) is 58.7 Å². The van der Waals surface area contributed by atoms with E-state index >= 15 is 0 Å². The third kappa shape index (κ3) is 1.76. The van der Waals surface area contributed by atoms with Crippen molar-refractivity contribution >= 4 is 11.8 Å². The number of ether oxygens (including phenoxy) is 2. The van der Waals surface area contributed by atoms with Gasteiger partial charge in [-0.1, -0.05) is 24.3 Å². The molecule has 7 heteroatoms. The predicted octanol–water partition coefficient (Wildman–Crippen LogP) is 0.944. The highest BCUT2D eigenvalue weighted by molar-refractivity contribution is 6.09. The van der Waals surface area contributed by atoms with E-state index in [1.54, 1.807) is 12.1 Å². The highest BCUT2D eigenvalue weighted by atomic mass is 16.7. The molecule has 7 nitrogen and oxygen atoms in total. The van der Waals surface area contributed by atoms with Crippen molar-refractivity contribution in [1.82, 2.24) is 0 Å². The number of benzene rings is 2. The maximum absolute atomic E-state index is 12.9. The maximum atomic E-state index is 12.9. The first-order valence-corrected chi connectivity index (χ1v) is 7.54. The van der Waals surface area contributed by atoms with Crippen molar-refractivity contribution in [1.29, 1.82) is 0 Å². The number of ketones is 1. The Morgan fingerprint density at radius 3 is 2.60 bits per heavy atom. The van der Waals surface area contributed by atoms with E-state index in [4.69, 9.17) is 14.6 Å². The first-order valence-electron chi connectivity index (χ1n) is 7.54. The Morgan fingerprint density at radius 2 is 1.92 bits per heavy atom. The molecule has 2 atom stereocenters. The van der Waals surface area contributed by atoms with E-state index < -0.39 is 23.1 Å². The van der Waals surface area contributed by atoms with Gasteiger partial charge in [0.05, 0.1) is 13.5 Å². The summed E-state index contributed by atoms with van der Waals surface area (Å²) >= 11 is 0. The molecule has 0 saturated heterocycles. The Morgan fingerprint density at radius 1 is 1.20 bits per heavy atom. The molecule has 0 amide bonds. The van der Waals surface area contributed by atoms with Crippen LogP contribution in [0.2, 0.25) is 0 Å². The lowest BCUT2D eigenvalue weighted by Gasteiger charge is -2.28. The quantitative estimate of drug-likeness (QED) is 0.761. The molecule has 1 aliphatic carbocycles. The van der Waals surface area contributed by atoms with Crippen LogP contribution in [0.4, 0.5) is 0 Å². The number of hydrogen-bond acceptors (Lipinski definition) is 6. The van der Waals surface area contributed by atoms with Gasteiger partial charge in [-0.15, -0.1) is 0 Å². The molecule has 2 unspecified atom stereocenters. The average molecular weight is 342 g/mol. The zero-order valence-electron chi connectivity index (χ0n) is 13.1. The van der Waals surface area contributed by atoms with Crippen molar-refractivity contribution < 1.29 is 34.4 Å². The van der Waals surface area contributed by atoms with Crippen LogP contribution in [0.25, 0.3) is 0 Å². The van der Waals surface area contributed by atoms with E-state index in [9.17, 15) is 19.8 Å². The van der Waals surface area contributed by atoms with Crippen LogP contribution in [0.5, 0.6) is 11.5 Å². The molecule has 0 aromatic heterocycles. The van der Waals surface area contributed by atoms with Crippen LogP contribution in [-0.2, 0) is 22.6 Å². The number of carboxylic acids is 1. The largest absolute Gasteiger partial charge is 0.493 e. The second-order valence-electron chi connectivity index (χ2n) is 6.08. The highest BCUT2D eigenvalue weighted by Crippen LogP contribution is 2.60. The minimum Gasteiger partial charge on any atom is -0.493 e. The maximum Gasteiger partial charge on any atom is 0.307 e. The third-order valence-electron chi connectivity index (χ3n) is 4.69. The fourth-order valence-electron chi connectivity index (χ4n) is 3.56. The topological polar surface area (TPSA) is 113 Å². The summed E-state index contributed by atoms with van der Waals surface area (Å²) in [6.45, 7) is 0. The number of aliphatic hydroxyl groups is 2. The first kappa shape index (κ1) is 15.6. The molecule has 25 heavy (non-hydrogen) atoms. The van der Waals surface area contributed by atoms with E-state index in [0.29, 0.717) is 5.56 Å². The molecule has 0 bridgehead atoms. The van der Waals surface area contributed by atoms with Crippen molar-refractivity contribution in [2.75, 3.05) is 7.11 Å². The molecular weight excluding hydrogens is 328 g/mol. The zero-order valence-corrected chi connectivity index (χ0v) is 13.1. The SMILES string of the molecule is COc1cc(CC(=O)O)cc2c1OC1(O)c3ccccc3C(=O)C21O. The molecule has 0 fully saturated rings. The number of carbonyl (C=O) groups excluding carboxylic acids is 1. The van der Waals surface area contributed by atoms with Gasteiger partial charge in [-0.05, 0) is 17.7 Å². The lowest BCUT2D eigenvalue weighted by atomic mass is 9.86. The van der Waals surface area contributed by atoms with Gasteiger partial charge in [0.15, 0.2) is 11.5 Å². The molecule has 0 radical (unpaired) electrons. The summed E-state index contributed by atoms with van der Waals surface area (Å²) in [4.78, 5) is 23.9. The van der Waals surface area contributed by atoms with Gasteiger partial charge >= 0.3 is 5.97 Å². The molecule has 2 aliphatic rings. The van der Waals surface area contributed by atoms with Crippen LogP contribution in [0, 0.1) is 0 Å². The number of fused-ring (bicyclic) bond motifs is 5. The van der Waals surface area contributed by atoms with E-state index in [-0.39, 0.29) is 34.6 Å². The van der Waals surface area contributed by atoms with Crippen LogP contribution >= 0.6 is 0 Å². The van der Waals surface area contributed by atoms with Gasteiger partial charge in [0.1, 0.15) is 0 Å². The standard InChI is InChI=1S/C18H14O7/c1-24-13-7-9(8-14(19)20)6-12-15(13)25-18(23)11-5-3-2-4-10(11)16(21)17(12,18)22/h2-7,22-23H,8H2,1H3,(H,19,20). The molecular formula is C18H14O7. The number of Topliss-reactive ketones (excluding diaryl/α,β-unsaturated/α-hetero) is 1. The molecule has 1 aliphatic heterocycles. The van der Waals surface area contributed by atoms with Gasteiger partial charge in [0.2, 0.25) is 11.4 Å². The molecule has 128 valence electrons. The molecule has 1 heterocycles. The fourth-order valence-corrected chi connectivity index (χ4v) is 3.56. The van der Waals surface area contributed by atoms with Gasteiger partial charge in [0, 0.05) is 16.7 Å². The van der Waals surface area contributed by atoms with Gasteiger partial charge in [0.25, 0.3) is 5.79 Å². The number of methoxy groups -OCH3 is 1. The lowest BCUT2D eigenvalue weighted by Crippen LogP contribution is -2.48. The van der Waals surface area contributed by atoms with Gasteiger partial charge in [-0.2, -0.15) is 0 Å². The van der Waals surface area contributed by atoms with Crippen LogP contribution in [0.3, 0.4) is 0 Å². The zero-order chi connectivity index (χ0) is 18.0. The Labute approximate surface area is 142 Å². The molecule has 3 N–H and O–H groups in total. The summed E-state index contributed by atoms with van der Waals surface area (Å²) in [5.41, 5.74) is -1.76. The number of carboxylic acid groups (broad SMARTS) is 1. The van der Waals surface area contributed by atoms with Crippen molar-refractivity contribution in [3.63, 3.8) is 0 Å². The number of hydrogen-bond donors (Lipinski definition) is 3. The van der Waals surface area contributed by atoms with Gasteiger partial charge in [-0.25, -0.2) is 0 Å². The summed E-state index contributed by atoms with van der Waals surface area (Å²) in [7, 11) is 1.35. The summed E-state index contributed by atoms with van der Waals surface area (Å²) in [5, 5.41) is 31.3. The summed E-state index contributed by atoms with van der Waals surface area (Å²) in [6, 6.07) is 9.03. The third-order valence-corrected chi connectivity index (χ3v) is 4.69. The summed E-state index contributed by atoms with van der Waals surface area (Å²) in [5.74, 6) is -3.93. The second-order valence-corrected chi connectivity index (χ2v) is 6.08. The summed E-state index contributed by atoms with van der Waals surface area (Å²) in [6.07, 6.45) is -0.334. The summed E-state index contributed by atoms with van der Waals surface area (Å²) < 4.78 is 10.8. The molecule has 0 saturated carbocycles. The van der Waals surface area contributed by atoms with Gasteiger partial charge in [-0.3, -0.25) is 9.59 Å². The minimum atomic E-state index is -2.37. The van der Waals surface area contributed by atoms with Crippen molar-refractivity contribution in [2.45, 2.75) is 17.8 Å². The monoisotopic (exact) mass is 342 g/mol. The van der Waals surface area contributed by atoms with Gasteiger partial charge < -0.3 is 24.8 Å². The van der Waals surface area contributed by atoms with Crippen LogP contribution < -0.4 is 9.47 Å². The highest BCUT2D eigenvalue weighted by Gasteiger charge is 2.71. The Bertz CT molecular complexity index is 935. The Balaban J connectivity index is 1.98. The number of aliphatic carboxylic acids is 1. The molecule has 2 aromatic carbocycles. The Kier molecular flexibility index (Phi) is 3.00. The minimum absolute atomic E-state index is 0.00759. The predicted molar refractivity (Wildman–Crippen MR) is 83.5 cm³/mol.